The van der Waals surface area contributed by atoms with Crippen molar-refractivity contribution in [3.63, 3.8) is 0 Å². The Kier molecular flexibility index (Phi) is 5.65. The van der Waals surface area contributed by atoms with Crippen molar-refractivity contribution in [2.75, 3.05) is 26.2 Å². The normalized spacial score (nSPS) is 22.0. The zero-order valence-corrected chi connectivity index (χ0v) is 16.0. The molecule has 140 valence electrons. The van der Waals surface area contributed by atoms with E-state index in [1.54, 1.807) is 0 Å². The molecule has 6 nitrogen and oxygen atoms in total. The summed E-state index contributed by atoms with van der Waals surface area (Å²) in [5.41, 5.74) is 3.97. The van der Waals surface area contributed by atoms with Crippen molar-refractivity contribution in [2.45, 2.75) is 32.5 Å². The molecule has 0 radical (unpaired) electrons. The van der Waals surface area contributed by atoms with Crippen molar-refractivity contribution in [2.24, 2.45) is 0 Å². The lowest BCUT2D eigenvalue weighted by Gasteiger charge is -2.37. The molecule has 0 saturated carbocycles. The summed E-state index contributed by atoms with van der Waals surface area (Å²) in [6, 6.07) is 10.1. The number of halogens is 1. The van der Waals surface area contributed by atoms with Crippen molar-refractivity contribution < 1.29 is 9.53 Å². The largest absolute Gasteiger partial charge is 0.373 e. The van der Waals surface area contributed by atoms with E-state index in [0.717, 1.165) is 35.6 Å². The fourth-order valence-electron chi connectivity index (χ4n) is 3.82. The number of morpholine rings is 1. The van der Waals surface area contributed by atoms with E-state index >= 15 is 0 Å². The summed E-state index contributed by atoms with van der Waals surface area (Å²) >= 11 is 0. The van der Waals surface area contributed by atoms with E-state index in [9.17, 15) is 4.79 Å². The molecule has 2 aromatic rings. The van der Waals surface area contributed by atoms with Gasteiger partial charge in [0.05, 0.1) is 31.0 Å². The number of carbonyl (C=O) groups excluding carboxylic acids is 1. The van der Waals surface area contributed by atoms with Gasteiger partial charge in [0.25, 0.3) is 5.91 Å². The molecule has 2 fully saturated rings. The fourth-order valence-corrected chi connectivity index (χ4v) is 3.82. The van der Waals surface area contributed by atoms with E-state index in [1.807, 2.05) is 40.8 Å². The average molecular weight is 377 g/mol. The van der Waals surface area contributed by atoms with Gasteiger partial charge >= 0.3 is 0 Å². The summed E-state index contributed by atoms with van der Waals surface area (Å²) < 4.78 is 7.75. The lowest BCUT2D eigenvalue weighted by atomic mass is 10.1. The number of hydrogen-bond acceptors (Lipinski definition) is 4. The van der Waals surface area contributed by atoms with Crippen LogP contribution in [0, 0.1) is 13.8 Å². The highest BCUT2D eigenvalue weighted by molar-refractivity contribution is 5.94. The van der Waals surface area contributed by atoms with Crippen molar-refractivity contribution >= 4 is 18.3 Å². The van der Waals surface area contributed by atoms with Gasteiger partial charge in [-0.1, -0.05) is 12.1 Å². The van der Waals surface area contributed by atoms with Crippen molar-refractivity contribution in [1.29, 1.82) is 0 Å². The first-order chi connectivity index (χ1) is 12.1. The van der Waals surface area contributed by atoms with Gasteiger partial charge in [0.1, 0.15) is 0 Å². The SMILES string of the molecule is Cc1cc(C)n(Cc2cccc(C(=O)N3CCO[C@H]4CNC[C@H]43)c2)n1.Cl. The standard InChI is InChI=1S/C19H24N4O2.ClH/c1-13-8-14(2)23(21-13)12-15-4-3-5-16(9-15)19(24)22-6-7-25-18-11-20-10-17(18)22;/h3-5,8-9,17-18,20H,6-7,10-12H2,1-2H3;1H/t17-,18+;/m1./s1. The highest BCUT2D eigenvalue weighted by atomic mass is 35.5. The van der Waals surface area contributed by atoms with Crippen molar-refractivity contribution in [3.05, 3.63) is 52.8 Å². The molecule has 0 spiro atoms. The van der Waals surface area contributed by atoms with Crippen LogP contribution in [0.15, 0.2) is 30.3 Å². The summed E-state index contributed by atoms with van der Waals surface area (Å²) in [7, 11) is 0. The topological polar surface area (TPSA) is 59.4 Å². The first-order valence-electron chi connectivity index (χ1n) is 8.85. The maximum absolute atomic E-state index is 13.0. The van der Waals surface area contributed by atoms with Crippen LogP contribution in [0.3, 0.4) is 0 Å². The van der Waals surface area contributed by atoms with E-state index in [1.165, 1.54) is 0 Å². The fraction of sp³-hybridized carbons (Fsp3) is 0.474. The van der Waals surface area contributed by atoms with Crippen LogP contribution in [0.1, 0.15) is 27.3 Å². The number of amides is 1. The van der Waals surface area contributed by atoms with Crippen LogP contribution in [0.25, 0.3) is 0 Å². The Hall–Kier alpha value is -1.89. The van der Waals surface area contributed by atoms with Crippen molar-refractivity contribution in [3.8, 4) is 0 Å². The number of carbonyl (C=O) groups is 1. The predicted octanol–water partition coefficient (Wildman–Crippen LogP) is 1.78. The zero-order valence-electron chi connectivity index (χ0n) is 15.1. The summed E-state index contributed by atoms with van der Waals surface area (Å²) in [5.74, 6) is 0.0946. The average Bonchev–Trinajstić information content (AvgIpc) is 3.20. The number of aryl methyl sites for hydroxylation is 2. The third-order valence-corrected chi connectivity index (χ3v) is 5.06. The van der Waals surface area contributed by atoms with Gasteiger partial charge < -0.3 is 15.0 Å². The first-order valence-corrected chi connectivity index (χ1v) is 8.85. The van der Waals surface area contributed by atoms with Crippen LogP contribution < -0.4 is 5.32 Å². The third kappa shape index (κ3) is 3.63. The number of rotatable bonds is 3. The second kappa shape index (κ2) is 7.78. The lowest BCUT2D eigenvalue weighted by Crippen LogP contribution is -2.53. The molecule has 0 unspecified atom stereocenters. The van der Waals surface area contributed by atoms with Crippen LogP contribution in [0.5, 0.6) is 0 Å². The lowest BCUT2D eigenvalue weighted by molar-refractivity contribution is -0.0364. The molecule has 3 heterocycles. The number of nitrogens with one attached hydrogen (secondary N) is 1. The van der Waals surface area contributed by atoms with E-state index in [4.69, 9.17) is 4.74 Å². The molecule has 1 amide bonds. The van der Waals surface area contributed by atoms with Crippen LogP contribution >= 0.6 is 12.4 Å². The molecule has 0 aliphatic carbocycles. The van der Waals surface area contributed by atoms with Crippen LogP contribution in [-0.4, -0.2) is 59.0 Å². The van der Waals surface area contributed by atoms with Gasteiger partial charge in [0.15, 0.2) is 0 Å². The Morgan fingerprint density at radius 1 is 1.31 bits per heavy atom. The second-order valence-electron chi connectivity index (χ2n) is 6.92. The van der Waals surface area contributed by atoms with E-state index < -0.39 is 0 Å². The zero-order chi connectivity index (χ0) is 17.4. The molecule has 1 aromatic carbocycles. The summed E-state index contributed by atoms with van der Waals surface area (Å²) in [6.45, 7) is 7.62. The van der Waals surface area contributed by atoms with E-state index in [-0.39, 0.29) is 30.5 Å². The number of ether oxygens (including phenoxy) is 1. The van der Waals surface area contributed by atoms with Gasteiger partial charge in [0, 0.05) is 30.9 Å². The quantitative estimate of drug-likeness (QED) is 0.887. The smallest absolute Gasteiger partial charge is 0.254 e. The van der Waals surface area contributed by atoms with Crippen LogP contribution in [-0.2, 0) is 11.3 Å². The van der Waals surface area contributed by atoms with Crippen LogP contribution in [0.4, 0.5) is 0 Å². The van der Waals surface area contributed by atoms with Gasteiger partial charge in [-0.25, -0.2) is 0 Å². The molecule has 0 bridgehead atoms. The Balaban J connectivity index is 0.00000196. The molecule has 2 atom stereocenters. The first kappa shape index (κ1) is 18.9. The summed E-state index contributed by atoms with van der Waals surface area (Å²) in [5, 5.41) is 7.83. The minimum Gasteiger partial charge on any atom is -0.373 e. The maximum Gasteiger partial charge on any atom is 0.254 e. The Labute approximate surface area is 159 Å². The Morgan fingerprint density at radius 3 is 2.92 bits per heavy atom. The molecule has 1 aromatic heterocycles. The minimum atomic E-state index is 0. The molecule has 1 N–H and O–H groups in total. The molecule has 2 aliphatic heterocycles. The van der Waals surface area contributed by atoms with Crippen LogP contribution in [0.2, 0.25) is 0 Å². The number of nitrogens with zero attached hydrogens (tertiary/aromatic N) is 3. The molecular weight excluding hydrogens is 352 g/mol. The summed E-state index contributed by atoms with van der Waals surface area (Å²) in [6.07, 6.45) is 0.121. The molecule has 4 rings (SSSR count). The number of hydrogen-bond donors (Lipinski definition) is 1. The monoisotopic (exact) mass is 376 g/mol. The molecular formula is C19H25ClN4O2. The van der Waals surface area contributed by atoms with Gasteiger partial charge in [0.2, 0.25) is 0 Å². The van der Waals surface area contributed by atoms with Gasteiger partial charge in [-0.2, -0.15) is 5.10 Å². The molecule has 7 heteroatoms. The van der Waals surface area contributed by atoms with E-state index in [2.05, 4.69) is 23.4 Å². The molecule has 26 heavy (non-hydrogen) atoms. The third-order valence-electron chi connectivity index (χ3n) is 5.06. The second-order valence-corrected chi connectivity index (χ2v) is 6.92. The number of aromatic nitrogens is 2. The van der Waals surface area contributed by atoms with Gasteiger partial charge in [-0.3, -0.25) is 9.48 Å². The van der Waals surface area contributed by atoms with Gasteiger partial charge in [-0.05, 0) is 37.6 Å². The summed E-state index contributed by atoms with van der Waals surface area (Å²) in [4.78, 5) is 15.0. The minimum absolute atomic E-state index is 0. The van der Waals surface area contributed by atoms with E-state index in [0.29, 0.717) is 19.7 Å². The maximum atomic E-state index is 13.0. The highest BCUT2D eigenvalue weighted by Gasteiger charge is 2.38. The van der Waals surface area contributed by atoms with Crippen molar-refractivity contribution in [1.82, 2.24) is 20.0 Å². The number of fused-ring (bicyclic) bond motifs is 1. The molecule has 2 aliphatic rings. The molecule has 2 saturated heterocycles. The highest BCUT2D eigenvalue weighted by Crippen LogP contribution is 2.21. The number of benzene rings is 1. The van der Waals surface area contributed by atoms with Gasteiger partial charge in [-0.15, -0.1) is 12.4 Å². The Bertz CT molecular complexity index is 792. The predicted molar refractivity (Wildman–Crippen MR) is 102 cm³/mol. The Morgan fingerprint density at radius 2 is 2.15 bits per heavy atom.